The van der Waals surface area contributed by atoms with E-state index in [1.165, 1.54) is 5.56 Å². The van der Waals surface area contributed by atoms with Crippen LogP contribution in [0.2, 0.25) is 0 Å². The highest BCUT2D eigenvalue weighted by atomic mass is 79.9. The first-order valence-electron chi connectivity index (χ1n) is 6.47. The highest BCUT2D eigenvalue weighted by Crippen LogP contribution is 2.31. The quantitative estimate of drug-likeness (QED) is 0.652. The second kappa shape index (κ2) is 7.11. The average Bonchev–Trinajstić information content (AvgIpc) is 2.43. The molecule has 2 rings (SSSR count). The minimum Gasteiger partial charge on any atom is -0.377 e. The normalized spacial score (nSPS) is 12.2. The molecule has 19 heavy (non-hydrogen) atoms. The lowest BCUT2D eigenvalue weighted by Crippen LogP contribution is -2.10. The molecule has 0 bridgehead atoms. The Kier molecular flexibility index (Phi) is 5.46. The second-order valence-electron chi connectivity index (χ2n) is 4.52. The molecule has 0 amide bonds. The van der Waals surface area contributed by atoms with Crippen LogP contribution in [0.1, 0.15) is 31.4 Å². The molecule has 0 heterocycles. The number of hydrogen-bond acceptors (Lipinski definition) is 1. The van der Waals surface area contributed by atoms with Crippen LogP contribution in [0.3, 0.4) is 0 Å². The van der Waals surface area contributed by atoms with Crippen LogP contribution in [-0.2, 0) is 0 Å². The number of anilines is 1. The van der Waals surface area contributed by atoms with Crippen molar-refractivity contribution >= 4 is 37.5 Å². The molecule has 1 unspecified atom stereocenters. The fourth-order valence-corrected chi connectivity index (χ4v) is 2.81. The van der Waals surface area contributed by atoms with Gasteiger partial charge in [-0.15, -0.1) is 0 Å². The summed E-state index contributed by atoms with van der Waals surface area (Å²) in [7, 11) is 0. The maximum absolute atomic E-state index is 3.63. The van der Waals surface area contributed by atoms with Crippen molar-refractivity contribution in [1.29, 1.82) is 0 Å². The summed E-state index contributed by atoms with van der Waals surface area (Å²) in [6, 6.07) is 17.1. The van der Waals surface area contributed by atoms with Crippen molar-refractivity contribution in [3.05, 3.63) is 63.0 Å². The minimum absolute atomic E-state index is 0.344. The zero-order valence-corrected chi connectivity index (χ0v) is 14.0. The van der Waals surface area contributed by atoms with Gasteiger partial charge in [0.2, 0.25) is 0 Å². The fourth-order valence-electron chi connectivity index (χ4n) is 2.09. The molecule has 1 N–H and O–H groups in total. The molecule has 0 aliphatic carbocycles. The Bertz CT molecular complexity index is 526. The Morgan fingerprint density at radius 3 is 2.47 bits per heavy atom. The van der Waals surface area contributed by atoms with Crippen molar-refractivity contribution in [2.45, 2.75) is 25.8 Å². The highest BCUT2D eigenvalue weighted by Gasteiger charge is 2.11. The average molecular weight is 383 g/mol. The van der Waals surface area contributed by atoms with Crippen molar-refractivity contribution in [3.63, 3.8) is 0 Å². The van der Waals surface area contributed by atoms with Crippen molar-refractivity contribution in [1.82, 2.24) is 0 Å². The van der Waals surface area contributed by atoms with E-state index < -0.39 is 0 Å². The number of benzene rings is 2. The van der Waals surface area contributed by atoms with Crippen molar-refractivity contribution in [2.24, 2.45) is 0 Å². The predicted octanol–water partition coefficient (Wildman–Crippen LogP) is 6.16. The third-order valence-electron chi connectivity index (χ3n) is 3.04. The summed E-state index contributed by atoms with van der Waals surface area (Å²) >= 11 is 7.12. The van der Waals surface area contributed by atoms with E-state index >= 15 is 0 Å². The van der Waals surface area contributed by atoms with Gasteiger partial charge in [-0.05, 0) is 46.1 Å². The molecule has 0 aliphatic heterocycles. The van der Waals surface area contributed by atoms with Gasteiger partial charge in [0.15, 0.2) is 0 Å². The molecule has 0 fully saturated rings. The van der Waals surface area contributed by atoms with Gasteiger partial charge >= 0.3 is 0 Å². The Labute approximate surface area is 131 Å². The van der Waals surface area contributed by atoms with Crippen LogP contribution in [0.5, 0.6) is 0 Å². The molecule has 0 saturated carbocycles. The van der Waals surface area contributed by atoms with Crippen LogP contribution < -0.4 is 5.32 Å². The zero-order valence-electron chi connectivity index (χ0n) is 10.9. The fraction of sp³-hybridized carbons (Fsp3) is 0.250. The van der Waals surface area contributed by atoms with Crippen molar-refractivity contribution < 1.29 is 0 Å². The third kappa shape index (κ3) is 4.08. The molecule has 3 heteroatoms. The standard InChI is InChI=1S/C16H17Br2N/c1-2-6-15(12-7-4-3-5-8-12)19-16-11-13(17)9-10-14(16)18/h3-5,7-11,15,19H,2,6H2,1H3. The van der Waals surface area contributed by atoms with Crippen LogP contribution in [-0.4, -0.2) is 0 Å². The molecule has 0 spiro atoms. The van der Waals surface area contributed by atoms with E-state index in [1.54, 1.807) is 0 Å². The summed E-state index contributed by atoms with van der Waals surface area (Å²) in [5.41, 5.74) is 2.45. The highest BCUT2D eigenvalue weighted by molar-refractivity contribution is 9.11. The maximum atomic E-state index is 3.63. The van der Waals surface area contributed by atoms with Gasteiger partial charge in [-0.25, -0.2) is 0 Å². The number of halogens is 2. The Morgan fingerprint density at radius 1 is 1.05 bits per heavy atom. The third-order valence-corrected chi connectivity index (χ3v) is 4.22. The SMILES string of the molecule is CCCC(Nc1cc(Br)ccc1Br)c1ccccc1. The minimum atomic E-state index is 0.344. The lowest BCUT2D eigenvalue weighted by molar-refractivity contribution is 0.677. The first-order valence-corrected chi connectivity index (χ1v) is 8.06. The molecular weight excluding hydrogens is 366 g/mol. The lowest BCUT2D eigenvalue weighted by Gasteiger charge is -2.21. The molecular formula is C16H17Br2N. The molecule has 1 nitrogen and oxygen atoms in total. The van der Waals surface area contributed by atoms with Gasteiger partial charge in [0, 0.05) is 8.95 Å². The molecule has 0 saturated heterocycles. The number of rotatable bonds is 5. The summed E-state index contributed by atoms with van der Waals surface area (Å²) in [5.74, 6) is 0. The van der Waals surface area contributed by atoms with Gasteiger partial charge in [0.1, 0.15) is 0 Å². The largest absolute Gasteiger partial charge is 0.377 e. The number of hydrogen-bond donors (Lipinski definition) is 1. The van der Waals surface area contributed by atoms with Gasteiger partial charge in [-0.2, -0.15) is 0 Å². The zero-order chi connectivity index (χ0) is 13.7. The molecule has 100 valence electrons. The molecule has 2 aromatic carbocycles. The van der Waals surface area contributed by atoms with Crippen LogP contribution in [0.25, 0.3) is 0 Å². The van der Waals surface area contributed by atoms with Crippen molar-refractivity contribution in [3.8, 4) is 0 Å². The summed E-state index contributed by atoms with van der Waals surface area (Å²) < 4.78 is 2.18. The van der Waals surface area contributed by atoms with Gasteiger partial charge in [0.05, 0.1) is 11.7 Å². The predicted molar refractivity (Wildman–Crippen MR) is 89.6 cm³/mol. The van der Waals surface area contributed by atoms with Gasteiger partial charge in [-0.1, -0.05) is 59.6 Å². The lowest BCUT2D eigenvalue weighted by atomic mass is 10.0. The summed E-state index contributed by atoms with van der Waals surface area (Å²) in [4.78, 5) is 0. The molecule has 0 aromatic heterocycles. The van der Waals surface area contributed by atoms with E-state index in [0.717, 1.165) is 27.5 Å². The summed E-state index contributed by atoms with van der Waals surface area (Å²) in [6.45, 7) is 2.22. The Balaban J connectivity index is 2.24. The van der Waals surface area contributed by atoms with Crippen LogP contribution in [0, 0.1) is 0 Å². The maximum Gasteiger partial charge on any atom is 0.0514 e. The van der Waals surface area contributed by atoms with E-state index in [9.17, 15) is 0 Å². The van der Waals surface area contributed by atoms with E-state index in [-0.39, 0.29) is 0 Å². The van der Waals surface area contributed by atoms with Crippen LogP contribution in [0.15, 0.2) is 57.5 Å². The molecule has 0 aliphatic rings. The first kappa shape index (κ1) is 14.6. The summed E-state index contributed by atoms with van der Waals surface area (Å²) in [6.07, 6.45) is 2.27. The summed E-state index contributed by atoms with van der Waals surface area (Å²) in [5, 5.41) is 3.63. The van der Waals surface area contributed by atoms with E-state index in [2.05, 4.69) is 86.6 Å². The van der Waals surface area contributed by atoms with Gasteiger partial charge in [-0.3, -0.25) is 0 Å². The Morgan fingerprint density at radius 2 is 1.79 bits per heavy atom. The van der Waals surface area contributed by atoms with Crippen molar-refractivity contribution in [2.75, 3.05) is 5.32 Å². The smallest absolute Gasteiger partial charge is 0.0514 e. The van der Waals surface area contributed by atoms with E-state index in [0.29, 0.717) is 6.04 Å². The van der Waals surface area contributed by atoms with Crippen LogP contribution in [0.4, 0.5) is 5.69 Å². The van der Waals surface area contributed by atoms with Crippen LogP contribution >= 0.6 is 31.9 Å². The Hall–Kier alpha value is -0.800. The van der Waals surface area contributed by atoms with E-state index in [4.69, 9.17) is 0 Å². The first-order chi connectivity index (χ1) is 9.20. The molecule has 0 radical (unpaired) electrons. The van der Waals surface area contributed by atoms with E-state index in [1.807, 2.05) is 6.07 Å². The van der Waals surface area contributed by atoms with Gasteiger partial charge in [0.25, 0.3) is 0 Å². The second-order valence-corrected chi connectivity index (χ2v) is 6.29. The number of nitrogens with one attached hydrogen (secondary N) is 1. The van der Waals surface area contributed by atoms with Gasteiger partial charge < -0.3 is 5.32 Å². The monoisotopic (exact) mass is 381 g/mol. The molecule has 2 aromatic rings. The molecule has 1 atom stereocenters. The topological polar surface area (TPSA) is 12.0 Å².